The van der Waals surface area contributed by atoms with Gasteiger partial charge in [0.2, 0.25) is 0 Å². The highest BCUT2D eigenvalue weighted by Gasteiger charge is 2.13. The summed E-state index contributed by atoms with van der Waals surface area (Å²) in [4.78, 5) is 12.2. The van der Waals surface area contributed by atoms with Gasteiger partial charge in [0.25, 0.3) is 0 Å². The number of aliphatic hydroxyl groups excluding tert-OH is 1. The Morgan fingerprint density at radius 2 is 0.894 bits per heavy atom. The molecule has 0 aliphatic heterocycles. The summed E-state index contributed by atoms with van der Waals surface area (Å²) in [6.07, 6.45) is 54.8. The van der Waals surface area contributed by atoms with Gasteiger partial charge in [0.1, 0.15) is 6.10 Å². The summed E-state index contributed by atoms with van der Waals surface area (Å²) in [5.74, 6) is -0.222. The SMILES string of the molecule is CC/C=C\C/C=C\C/C=C\C/C=C\CCCCCCCCCCC(=O)OC(CO)COCCCCCC/C=C\C/C=C\C/C=C\CC. The summed E-state index contributed by atoms with van der Waals surface area (Å²) in [7, 11) is 0. The second-order valence-electron chi connectivity index (χ2n) is 12.2. The standard InChI is InChI=1S/C43H72O4/c1-3-5-7-9-11-13-15-17-19-20-21-22-23-24-25-26-28-30-32-34-36-38-43(45)47-42(40-44)41-46-39-37-35-33-31-29-27-18-16-14-12-10-8-6-4-2/h5-8,11-14,17-19,21-22,27,42,44H,3-4,9-10,15-16,20,23-26,28-41H2,1-2H3/b7-5-,8-6-,13-11-,14-12-,19-17-,22-21-,27-18-. The number of allylic oxidation sites excluding steroid dienone is 14. The fourth-order valence-corrected chi connectivity index (χ4v) is 4.92. The summed E-state index contributed by atoms with van der Waals surface area (Å²) < 4.78 is 11.1. The number of ether oxygens (including phenoxy) is 2. The number of rotatable bonds is 34. The Morgan fingerprint density at radius 3 is 1.34 bits per heavy atom. The van der Waals surface area contributed by atoms with Crippen molar-refractivity contribution in [2.24, 2.45) is 0 Å². The first-order valence-corrected chi connectivity index (χ1v) is 19.2. The molecule has 0 aromatic heterocycles. The molecule has 0 fully saturated rings. The van der Waals surface area contributed by atoms with E-state index in [1.165, 1.54) is 57.8 Å². The topological polar surface area (TPSA) is 55.8 Å². The Balaban J connectivity index is 3.53. The van der Waals surface area contributed by atoms with Gasteiger partial charge in [-0.3, -0.25) is 4.79 Å². The first-order chi connectivity index (χ1) is 23.2. The molecule has 0 aromatic rings. The van der Waals surface area contributed by atoms with Gasteiger partial charge in [-0.25, -0.2) is 0 Å². The van der Waals surface area contributed by atoms with E-state index in [9.17, 15) is 9.90 Å². The van der Waals surface area contributed by atoms with Crippen molar-refractivity contribution in [3.63, 3.8) is 0 Å². The van der Waals surface area contributed by atoms with Crippen LogP contribution >= 0.6 is 0 Å². The molecule has 0 aliphatic carbocycles. The summed E-state index contributed by atoms with van der Waals surface area (Å²) >= 11 is 0. The minimum Gasteiger partial charge on any atom is -0.457 e. The fraction of sp³-hybridized carbons (Fsp3) is 0.651. The summed E-state index contributed by atoms with van der Waals surface area (Å²) in [6.45, 7) is 5.05. The predicted molar refractivity (Wildman–Crippen MR) is 205 cm³/mol. The number of hydrogen-bond acceptors (Lipinski definition) is 4. The number of unbranched alkanes of at least 4 members (excludes halogenated alkanes) is 12. The second-order valence-corrected chi connectivity index (χ2v) is 12.2. The quantitative estimate of drug-likeness (QED) is 0.0427. The van der Waals surface area contributed by atoms with Crippen molar-refractivity contribution >= 4 is 5.97 Å². The molecule has 0 rings (SSSR count). The highest BCUT2D eigenvalue weighted by molar-refractivity contribution is 5.69. The molecular formula is C43H72O4. The molecule has 4 nitrogen and oxygen atoms in total. The lowest BCUT2D eigenvalue weighted by Crippen LogP contribution is -2.27. The van der Waals surface area contributed by atoms with E-state index in [1.54, 1.807) is 0 Å². The molecule has 0 radical (unpaired) electrons. The molecule has 0 saturated heterocycles. The molecule has 0 aliphatic rings. The van der Waals surface area contributed by atoms with Gasteiger partial charge in [0.15, 0.2) is 0 Å². The van der Waals surface area contributed by atoms with Crippen molar-refractivity contribution < 1.29 is 19.4 Å². The van der Waals surface area contributed by atoms with E-state index in [0.29, 0.717) is 13.0 Å². The minimum absolute atomic E-state index is 0.189. The second kappa shape index (κ2) is 39.7. The largest absolute Gasteiger partial charge is 0.457 e. The molecule has 0 aromatic carbocycles. The summed E-state index contributed by atoms with van der Waals surface area (Å²) in [5.41, 5.74) is 0. The number of hydrogen-bond donors (Lipinski definition) is 1. The smallest absolute Gasteiger partial charge is 0.306 e. The van der Waals surface area contributed by atoms with Crippen molar-refractivity contribution in [3.8, 4) is 0 Å². The van der Waals surface area contributed by atoms with Crippen molar-refractivity contribution in [1.82, 2.24) is 0 Å². The van der Waals surface area contributed by atoms with Gasteiger partial charge in [-0.15, -0.1) is 0 Å². The maximum atomic E-state index is 12.2. The molecular weight excluding hydrogens is 580 g/mol. The Kier molecular flexibility index (Phi) is 37.7. The molecule has 0 amide bonds. The molecule has 4 heteroatoms. The van der Waals surface area contributed by atoms with E-state index in [-0.39, 0.29) is 19.2 Å². The summed E-state index contributed by atoms with van der Waals surface area (Å²) in [5, 5.41) is 9.57. The Morgan fingerprint density at radius 1 is 0.511 bits per heavy atom. The highest BCUT2D eigenvalue weighted by atomic mass is 16.6. The number of aliphatic hydroxyl groups is 1. The maximum absolute atomic E-state index is 12.2. The average molecular weight is 653 g/mol. The van der Waals surface area contributed by atoms with Gasteiger partial charge in [-0.1, -0.05) is 150 Å². The molecule has 47 heavy (non-hydrogen) atoms. The Bertz CT molecular complexity index is 861. The maximum Gasteiger partial charge on any atom is 0.306 e. The zero-order valence-corrected chi connectivity index (χ0v) is 30.5. The van der Waals surface area contributed by atoms with Crippen LogP contribution in [0.3, 0.4) is 0 Å². The zero-order valence-electron chi connectivity index (χ0n) is 30.5. The van der Waals surface area contributed by atoms with E-state index in [1.807, 2.05) is 0 Å². The lowest BCUT2D eigenvalue weighted by Gasteiger charge is -2.15. The van der Waals surface area contributed by atoms with Crippen molar-refractivity contribution in [1.29, 1.82) is 0 Å². The predicted octanol–water partition coefficient (Wildman–Crippen LogP) is 12.4. The van der Waals surface area contributed by atoms with Crippen LogP contribution in [0.2, 0.25) is 0 Å². The van der Waals surface area contributed by atoms with E-state index >= 15 is 0 Å². The number of esters is 1. The van der Waals surface area contributed by atoms with Gasteiger partial charge < -0.3 is 14.6 Å². The van der Waals surface area contributed by atoms with Gasteiger partial charge in [0, 0.05) is 13.0 Å². The molecule has 268 valence electrons. The molecule has 1 atom stereocenters. The number of carbonyl (C=O) groups is 1. The van der Waals surface area contributed by atoms with E-state index in [2.05, 4.69) is 98.9 Å². The molecule has 0 spiro atoms. The molecule has 1 unspecified atom stereocenters. The van der Waals surface area contributed by atoms with Crippen LogP contribution in [0.15, 0.2) is 85.1 Å². The fourth-order valence-electron chi connectivity index (χ4n) is 4.92. The molecule has 0 bridgehead atoms. The normalized spacial score (nSPS) is 13.3. The van der Waals surface area contributed by atoms with E-state index < -0.39 is 6.10 Å². The van der Waals surface area contributed by atoms with Gasteiger partial charge in [0.05, 0.1) is 13.2 Å². The molecule has 0 heterocycles. The monoisotopic (exact) mass is 653 g/mol. The van der Waals surface area contributed by atoms with E-state index in [4.69, 9.17) is 9.47 Å². The van der Waals surface area contributed by atoms with Crippen molar-refractivity contribution in [2.45, 2.75) is 161 Å². The Hall–Kier alpha value is -2.43. The highest BCUT2D eigenvalue weighted by Crippen LogP contribution is 2.12. The van der Waals surface area contributed by atoms with E-state index in [0.717, 1.165) is 77.0 Å². The van der Waals surface area contributed by atoms with Crippen molar-refractivity contribution in [3.05, 3.63) is 85.1 Å². The van der Waals surface area contributed by atoms with Crippen LogP contribution in [0.25, 0.3) is 0 Å². The first-order valence-electron chi connectivity index (χ1n) is 19.2. The van der Waals surface area contributed by atoms with Gasteiger partial charge in [-0.2, -0.15) is 0 Å². The Labute approximate surface area is 290 Å². The van der Waals surface area contributed by atoms with Crippen LogP contribution < -0.4 is 0 Å². The third-order valence-corrected chi connectivity index (χ3v) is 7.72. The summed E-state index contributed by atoms with van der Waals surface area (Å²) in [6, 6.07) is 0. The lowest BCUT2D eigenvalue weighted by atomic mass is 10.1. The van der Waals surface area contributed by atoms with Gasteiger partial charge in [-0.05, 0) is 83.5 Å². The van der Waals surface area contributed by atoms with Crippen LogP contribution in [-0.2, 0) is 14.3 Å². The van der Waals surface area contributed by atoms with Crippen LogP contribution in [0.5, 0.6) is 0 Å². The van der Waals surface area contributed by atoms with Crippen LogP contribution in [-0.4, -0.2) is 37.0 Å². The van der Waals surface area contributed by atoms with Crippen LogP contribution in [0, 0.1) is 0 Å². The van der Waals surface area contributed by atoms with Gasteiger partial charge >= 0.3 is 5.97 Å². The lowest BCUT2D eigenvalue weighted by molar-refractivity contribution is -0.154. The third-order valence-electron chi connectivity index (χ3n) is 7.72. The van der Waals surface area contributed by atoms with Crippen molar-refractivity contribution in [2.75, 3.05) is 19.8 Å². The zero-order chi connectivity index (χ0) is 34.1. The first kappa shape index (κ1) is 44.6. The van der Waals surface area contributed by atoms with Crippen LogP contribution in [0.1, 0.15) is 155 Å². The third kappa shape index (κ3) is 37.9. The average Bonchev–Trinajstić information content (AvgIpc) is 3.08. The molecule has 1 N–H and O–H groups in total. The molecule has 0 saturated carbocycles. The number of carbonyl (C=O) groups excluding carboxylic acids is 1. The van der Waals surface area contributed by atoms with Crippen LogP contribution in [0.4, 0.5) is 0 Å². The minimum atomic E-state index is -0.555.